The van der Waals surface area contributed by atoms with Gasteiger partial charge in [0.25, 0.3) is 0 Å². The number of piperidine rings is 1. The molecule has 1 fully saturated rings. The van der Waals surface area contributed by atoms with Crippen molar-refractivity contribution in [2.75, 3.05) is 11.9 Å². The summed E-state index contributed by atoms with van der Waals surface area (Å²) in [5.74, 6) is 0.924. The number of aryl methyl sites for hydroxylation is 2. The zero-order valence-corrected chi connectivity index (χ0v) is 12.5. The Bertz CT molecular complexity index is 499. The normalized spacial score (nSPS) is 22.6. The summed E-state index contributed by atoms with van der Waals surface area (Å²) in [6.45, 7) is 6.80. The molecule has 4 nitrogen and oxygen atoms in total. The van der Waals surface area contributed by atoms with E-state index in [1.54, 1.807) is 6.07 Å². The Balaban J connectivity index is 2.06. The monoisotopic (exact) mass is 276 g/mol. The molecule has 1 amide bonds. The van der Waals surface area contributed by atoms with Gasteiger partial charge in [-0.1, -0.05) is 13.3 Å². The third-order valence-electron chi connectivity index (χ3n) is 4.21. The maximum Gasteiger partial charge on any atom is 0.241 e. The summed E-state index contributed by atoms with van der Waals surface area (Å²) in [6.07, 6.45) is 3.18. The minimum Gasteiger partial charge on any atom is -0.508 e. The van der Waals surface area contributed by atoms with Crippen molar-refractivity contribution in [1.29, 1.82) is 0 Å². The minimum atomic E-state index is -0.109. The molecule has 0 spiro atoms. The molecule has 1 aromatic rings. The van der Waals surface area contributed by atoms with Gasteiger partial charge in [-0.15, -0.1) is 0 Å². The van der Waals surface area contributed by atoms with Gasteiger partial charge in [0.2, 0.25) is 5.91 Å². The Kier molecular flexibility index (Phi) is 4.65. The molecule has 0 bridgehead atoms. The number of carbonyl (C=O) groups is 1. The van der Waals surface area contributed by atoms with E-state index in [0.717, 1.165) is 42.6 Å². The van der Waals surface area contributed by atoms with Crippen molar-refractivity contribution >= 4 is 11.6 Å². The molecule has 3 N–H and O–H groups in total. The van der Waals surface area contributed by atoms with Crippen molar-refractivity contribution in [3.05, 3.63) is 23.3 Å². The average molecular weight is 276 g/mol. The van der Waals surface area contributed by atoms with Crippen molar-refractivity contribution in [3.8, 4) is 5.75 Å². The Morgan fingerprint density at radius 3 is 2.85 bits per heavy atom. The van der Waals surface area contributed by atoms with E-state index in [9.17, 15) is 9.90 Å². The third kappa shape index (κ3) is 3.31. The van der Waals surface area contributed by atoms with Gasteiger partial charge in [0, 0.05) is 5.69 Å². The highest BCUT2D eigenvalue weighted by molar-refractivity contribution is 5.95. The predicted octanol–water partition coefficient (Wildman–Crippen LogP) is 2.73. The fourth-order valence-corrected chi connectivity index (χ4v) is 2.72. The van der Waals surface area contributed by atoms with E-state index >= 15 is 0 Å². The Hall–Kier alpha value is -1.55. The summed E-state index contributed by atoms with van der Waals surface area (Å²) in [7, 11) is 0. The first-order chi connectivity index (χ1) is 9.51. The van der Waals surface area contributed by atoms with Crippen LogP contribution in [0.4, 0.5) is 5.69 Å². The van der Waals surface area contributed by atoms with Crippen molar-refractivity contribution in [2.24, 2.45) is 5.92 Å². The highest BCUT2D eigenvalue weighted by Crippen LogP contribution is 2.26. The number of phenols is 1. The van der Waals surface area contributed by atoms with Crippen LogP contribution in [0.5, 0.6) is 5.75 Å². The third-order valence-corrected chi connectivity index (χ3v) is 4.21. The quantitative estimate of drug-likeness (QED) is 0.744. The molecule has 2 atom stereocenters. The number of rotatable bonds is 3. The van der Waals surface area contributed by atoms with E-state index in [4.69, 9.17) is 0 Å². The van der Waals surface area contributed by atoms with Gasteiger partial charge in [-0.3, -0.25) is 4.79 Å². The van der Waals surface area contributed by atoms with Gasteiger partial charge in [0.05, 0.1) is 6.04 Å². The van der Waals surface area contributed by atoms with Gasteiger partial charge in [0.15, 0.2) is 0 Å². The number of benzene rings is 1. The first-order valence-corrected chi connectivity index (χ1v) is 7.35. The molecule has 0 aliphatic carbocycles. The molecule has 1 aliphatic rings. The Labute approximate surface area is 120 Å². The first-order valence-electron chi connectivity index (χ1n) is 7.35. The number of hydrogen-bond donors (Lipinski definition) is 3. The second-order valence-electron chi connectivity index (χ2n) is 5.75. The Morgan fingerprint density at radius 2 is 2.15 bits per heavy atom. The molecule has 2 unspecified atom stereocenters. The summed E-state index contributed by atoms with van der Waals surface area (Å²) >= 11 is 0. The fraction of sp³-hybridized carbons (Fsp3) is 0.562. The molecular weight excluding hydrogens is 252 g/mol. The summed E-state index contributed by atoms with van der Waals surface area (Å²) < 4.78 is 0. The topological polar surface area (TPSA) is 61.4 Å². The maximum atomic E-state index is 12.3. The zero-order valence-electron chi connectivity index (χ0n) is 12.5. The summed E-state index contributed by atoms with van der Waals surface area (Å²) in [4.78, 5) is 12.3. The van der Waals surface area contributed by atoms with Crippen LogP contribution in [-0.4, -0.2) is 23.6 Å². The largest absolute Gasteiger partial charge is 0.508 e. The van der Waals surface area contributed by atoms with Crippen LogP contribution >= 0.6 is 0 Å². The highest BCUT2D eigenvalue weighted by Gasteiger charge is 2.26. The van der Waals surface area contributed by atoms with E-state index in [0.29, 0.717) is 5.92 Å². The van der Waals surface area contributed by atoms with Crippen molar-refractivity contribution in [2.45, 2.75) is 46.1 Å². The number of amides is 1. The second kappa shape index (κ2) is 6.27. The average Bonchev–Trinajstić information content (AvgIpc) is 2.44. The fourth-order valence-electron chi connectivity index (χ4n) is 2.72. The van der Waals surface area contributed by atoms with Gasteiger partial charge in [-0.25, -0.2) is 0 Å². The van der Waals surface area contributed by atoms with Gasteiger partial charge < -0.3 is 15.7 Å². The van der Waals surface area contributed by atoms with E-state index in [1.807, 2.05) is 19.9 Å². The summed E-state index contributed by atoms with van der Waals surface area (Å²) in [6, 6.07) is 3.40. The van der Waals surface area contributed by atoms with Crippen LogP contribution in [0.3, 0.4) is 0 Å². The van der Waals surface area contributed by atoms with E-state index in [1.165, 1.54) is 0 Å². The molecule has 0 saturated carbocycles. The molecular formula is C16H24N2O2. The Morgan fingerprint density at radius 1 is 1.40 bits per heavy atom. The molecule has 20 heavy (non-hydrogen) atoms. The molecule has 1 saturated heterocycles. The van der Waals surface area contributed by atoms with Crippen molar-refractivity contribution in [3.63, 3.8) is 0 Å². The number of nitrogens with one attached hydrogen (secondary N) is 2. The highest BCUT2D eigenvalue weighted by atomic mass is 16.3. The standard InChI is InChI=1S/C16H24N2O2/c1-4-12-5-6-17-14(9-12)16(20)18-13-7-11(3)15(19)8-10(13)2/h7-8,12,14,17,19H,4-6,9H2,1-3H3,(H,18,20). The summed E-state index contributed by atoms with van der Waals surface area (Å²) in [5, 5.41) is 15.9. The molecule has 0 radical (unpaired) electrons. The van der Waals surface area contributed by atoms with Crippen LogP contribution in [0.15, 0.2) is 12.1 Å². The van der Waals surface area contributed by atoms with Gasteiger partial charge in [-0.05, 0) is 62.4 Å². The number of carbonyl (C=O) groups excluding carboxylic acids is 1. The molecule has 1 aromatic carbocycles. The lowest BCUT2D eigenvalue weighted by molar-refractivity contribution is -0.119. The number of anilines is 1. The van der Waals surface area contributed by atoms with Crippen LogP contribution < -0.4 is 10.6 Å². The minimum absolute atomic E-state index is 0.0244. The van der Waals surface area contributed by atoms with E-state index in [-0.39, 0.29) is 17.7 Å². The molecule has 110 valence electrons. The number of phenolic OH excluding ortho intramolecular Hbond substituents is 1. The zero-order chi connectivity index (χ0) is 14.7. The van der Waals surface area contributed by atoms with Gasteiger partial charge in [0.1, 0.15) is 5.75 Å². The van der Waals surface area contributed by atoms with Gasteiger partial charge >= 0.3 is 0 Å². The lowest BCUT2D eigenvalue weighted by Crippen LogP contribution is -2.46. The van der Waals surface area contributed by atoms with Crippen LogP contribution in [0.1, 0.15) is 37.3 Å². The predicted molar refractivity (Wildman–Crippen MR) is 81.0 cm³/mol. The SMILES string of the molecule is CCC1CCNC(C(=O)Nc2cc(C)c(O)cc2C)C1. The molecule has 1 heterocycles. The van der Waals surface area contributed by atoms with Crippen LogP contribution in [0, 0.1) is 19.8 Å². The van der Waals surface area contributed by atoms with Crippen molar-refractivity contribution in [1.82, 2.24) is 5.32 Å². The van der Waals surface area contributed by atoms with E-state index < -0.39 is 0 Å². The van der Waals surface area contributed by atoms with Crippen LogP contribution in [-0.2, 0) is 4.79 Å². The first kappa shape index (κ1) is 14.9. The van der Waals surface area contributed by atoms with Gasteiger partial charge in [-0.2, -0.15) is 0 Å². The molecule has 1 aliphatic heterocycles. The number of hydrogen-bond acceptors (Lipinski definition) is 3. The molecule has 4 heteroatoms. The lowest BCUT2D eigenvalue weighted by Gasteiger charge is -2.29. The second-order valence-corrected chi connectivity index (χ2v) is 5.75. The lowest BCUT2D eigenvalue weighted by atomic mass is 9.90. The van der Waals surface area contributed by atoms with Crippen LogP contribution in [0.2, 0.25) is 0 Å². The van der Waals surface area contributed by atoms with E-state index in [2.05, 4.69) is 17.6 Å². The molecule has 0 aromatic heterocycles. The van der Waals surface area contributed by atoms with Crippen LogP contribution in [0.25, 0.3) is 0 Å². The molecule has 2 rings (SSSR count). The summed E-state index contributed by atoms with van der Waals surface area (Å²) in [5.41, 5.74) is 2.43. The number of aromatic hydroxyl groups is 1. The van der Waals surface area contributed by atoms with Crippen molar-refractivity contribution < 1.29 is 9.90 Å². The smallest absolute Gasteiger partial charge is 0.241 e. The maximum absolute atomic E-state index is 12.3.